The molecule has 0 aliphatic heterocycles. The summed E-state index contributed by atoms with van der Waals surface area (Å²) in [4.78, 5) is 12.2. The maximum atomic E-state index is 13.2. The number of hydrogen-bond donors (Lipinski definition) is 1. The van der Waals surface area contributed by atoms with Gasteiger partial charge in [-0.1, -0.05) is 11.6 Å². The van der Waals surface area contributed by atoms with E-state index in [1.165, 1.54) is 9.12 Å². The summed E-state index contributed by atoms with van der Waals surface area (Å²) in [5.41, 5.74) is 6.92. The summed E-state index contributed by atoms with van der Waals surface area (Å²) >= 11 is 8.12. The number of nitrogens with two attached hydrogens (primary N) is 1. The second-order valence-electron chi connectivity index (χ2n) is 3.89. The lowest BCUT2D eigenvalue weighted by Gasteiger charge is -2.00. The fraction of sp³-hybridized carbons (Fsp3) is 0. The minimum absolute atomic E-state index is 0.187. The quantitative estimate of drug-likeness (QED) is 0.639. The van der Waals surface area contributed by atoms with E-state index in [1.54, 1.807) is 12.3 Å². The van der Waals surface area contributed by atoms with E-state index in [9.17, 15) is 4.39 Å². The van der Waals surface area contributed by atoms with Crippen molar-refractivity contribution in [2.45, 2.75) is 0 Å². The van der Waals surface area contributed by atoms with E-state index in [0.717, 1.165) is 17.2 Å². The second kappa shape index (κ2) is 5.34. The minimum Gasteiger partial charge on any atom is -0.381 e. The van der Waals surface area contributed by atoms with Gasteiger partial charge in [-0.3, -0.25) is 3.97 Å². The second-order valence-corrected chi connectivity index (χ2v) is 6.04. The van der Waals surface area contributed by atoms with Crippen LogP contribution in [-0.2, 0) is 0 Å². The molecule has 9 heteroatoms. The van der Waals surface area contributed by atoms with Crippen molar-refractivity contribution in [2.75, 3.05) is 5.73 Å². The van der Waals surface area contributed by atoms with Gasteiger partial charge in [0.25, 0.3) is 0 Å². The van der Waals surface area contributed by atoms with Crippen LogP contribution < -0.4 is 5.73 Å². The highest BCUT2D eigenvalue weighted by Crippen LogP contribution is 2.33. The molecule has 0 saturated heterocycles. The van der Waals surface area contributed by atoms with E-state index >= 15 is 0 Å². The Morgan fingerprint density at radius 3 is 2.85 bits per heavy atom. The molecular formula is C11H6ClFIN5S. The van der Waals surface area contributed by atoms with Crippen molar-refractivity contribution in [1.82, 2.24) is 18.9 Å². The van der Waals surface area contributed by atoms with Gasteiger partial charge in [0.05, 0.1) is 11.2 Å². The van der Waals surface area contributed by atoms with Crippen molar-refractivity contribution >= 4 is 58.8 Å². The molecule has 0 bridgehead atoms. The average molecular weight is 422 g/mol. The van der Waals surface area contributed by atoms with Gasteiger partial charge < -0.3 is 5.73 Å². The van der Waals surface area contributed by atoms with E-state index in [2.05, 4.69) is 36.2 Å². The van der Waals surface area contributed by atoms with Crippen LogP contribution in [0.3, 0.4) is 0 Å². The SMILES string of the molecule is Nc1nc(-c2cn(SI)c3ncc(Cl)cc23)ncc1F. The van der Waals surface area contributed by atoms with Crippen LogP contribution in [0.15, 0.2) is 24.7 Å². The van der Waals surface area contributed by atoms with E-state index < -0.39 is 5.82 Å². The number of nitrogens with zero attached hydrogens (tertiary/aromatic N) is 4. The van der Waals surface area contributed by atoms with Crippen molar-refractivity contribution in [3.63, 3.8) is 0 Å². The number of rotatable bonds is 2. The molecule has 20 heavy (non-hydrogen) atoms. The molecular weight excluding hydrogens is 416 g/mol. The number of nitrogen functional groups attached to an aromatic ring is 1. The van der Waals surface area contributed by atoms with Crippen molar-refractivity contribution in [2.24, 2.45) is 0 Å². The third kappa shape index (κ3) is 2.31. The van der Waals surface area contributed by atoms with Gasteiger partial charge in [0.1, 0.15) is 0 Å². The smallest absolute Gasteiger partial charge is 0.183 e. The number of fused-ring (bicyclic) bond motifs is 1. The molecule has 2 N–H and O–H groups in total. The molecule has 3 heterocycles. The van der Waals surface area contributed by atoms with Crippen LogP contribution in [0.4, 0.5) is 10.2 Å². The Morgan fingerprint density at radius 2 is 2.15 bits per heavy atom. The molecule has 0 atom stereocenters. The molecule has 0 aromatic carbocycles. The van der Waals surface area contributed by atoms with Crippen LogP contribution in [0.5, 0.6) is 0 Å². The van der Waals surface area contributed by atoms with Crippen molar-refractivity contribution in [3.05, 3.63) is 35.5 Å². The third-order valence-corrected chi connectivity index (χ3v) is 4.57. The largest absolute Gasteiger partial charge is 0.381 e. The number of aromatic nitrogens is 4. The lowest BCUT2D eigenvalue weighted by atomic mass is 10.2. The van der Waals surface area contributed by atoms with Gasteiger partial charge in [0, 0.05) is 53.7 Å². The topological polar surface area (TPSA) is 69.6 Å². The predicted octanol–water partition coefficient (Wildman–Crippen LogP) is 3.71. The summed E-state index contributed by atoms with van der Waals surface area (Å²) in [7, 11) is 1.45. The van der Waals surface area contributed by atoms with Crippen molar-refractivity contribution in [1.29, 1.82) is 0 Å². The van der Waals surface area contributed by atoms with Crippen molar-refractivity contribution in [3.8, 4) is 11.4 Å². The van der Waals surface area contributed by atoms with Crippen LogP contribution in [0.2, 0.25) is 5.02 Å². The van der Waals surface area contributed by atoms with E-state index in [4.69, 9.17) is 17.3 Å². The zero-order valence-electron chi connectivity index (χ0n) is 9.72. The first-order valence-electron chi connectivity index (χ1n) is 5.34. The Labute approximate surface area is 134 Å². The molecule has 0 amide bonds. The molecule has 3 aromatic rings. The summed E-state index contributed by atoms with van der Waals surface area (Å²) in [5.74, 6) is -0.493. The predicted molar refractivity (Wildman–Crippen MR) is 87.1 cm³/mol. The van der Waals surface area contributed by atoms with E-state index in [-0.39, 0.29) is 5.82 Å². The summed E-state index contributed by atoms with van der Waals surface area (Å²) < 4.78 is 15.0. The standard InChI is InChI=1S/C11H6ClFIN5S/c12-5-1-6-7(4-19(20-14)11(6)17-2-5)10-16-3-8(13)9(15)18-10/h1-4H,(H2,15,16,18). The molecule has 0 spiro atoms. The molecule has 3 rings (SSSR count). The van der Waals surface area contributed by atoms with Crippen LogP contribution in [0.25, 0.3) is 22.4 Å². The molecule has 102 valence electrons. The van der Waals surface area contributed by atoms with Crippen molar-refractivity contribution < 1.29 is 4.39 Å². The summed E-state index contributed by atoms with van der Waals surface area (Å²) in [6.07, 6.45) is 4.44. The maximum Gasteiger partial charge on any atom is 0.183 e. The zero-order valence-corrected chi connectivity index (χ0v) is 13.4. The lowest BCUT2D eigenvalue weighted by Crippen LogP contribution is -1.98. The highest BCUT2D eigenvalue weighted by Gasteiger charge is 2.15. The Balaban J connectivity index is 2.29. The summed E-state index contributed by atoms with van der Waals surface area (Å²) in [6, 6.07) is 1.77. The molecule has 0 fully saturated rings. The summed E-state index contributed by atoms with van der Waals surface area (Å²) in [5, 5.41) is 1.29. The van der Waals surface area contributed by atoms with Gasteiger partial charge >= 0.3 is 0 Å². The number of anilines is 1. The number of hydrogen-bond acceptors (Lipinski definition) is 5. The monoisotopic (exact) mass is 421 g/mol. The first kappa shape index (κ1) is 13.8. The van der Waals surface area contributed by atoms with Gasteiger partial charge in [-0.2, -0.15) is 0 Å². The zero-order chi connectivity index (χ0) is 14.3. The first-order valence-corrected chi connectivity index (χ1v) is 9.03. The minimum atomic E-state index is -0.642. The third-order valence-electron chi connectivity index (χ3n) is 2.67. The molecule has 0 radical (unpaired) electrons. The lowest BCUT2D eigenvalue weighted by molar-refractivity contribution is 0.620. The number of pyridine rings is 1. The highest BCUT2D eigenvalue weighted by molar-refractivity contribution is 14.2. The van der Waals surface area contributed by atoms with Crippen LogP contribution in [0.1, 0.15) is 0 Å². The molecule has 0 aliphatic carbocycles. The molecule has 0 unspecified atom stereocenters. The fourth-order valence-corrected chi connectivity index (χ4v) is 3.21. The average Bonchev–Trinajstić information content (AvgIpc) is 2.79. The van der Waals surface area contributed by atoms with Crippen LogP contribution in [-0.4, -0.2) is 18.9 Å². The van der Waals surface area contributed by atoms with Crippen LogP contribution >= 0.6 is 41.9 Å². The molecule has 5 nitrogen and oxygen atoms in total. The van der Waals surface area contributed by atoms with E-state index in [1.807, 2.05) is 10.2 Å². The van der Waals surface area contributed by atoms with Crippen LogP contribution in [0, 0.1) is 5.82 Å². The molecule has 3 aromatic heterocycles. The number of halogens is 3. The molecule has 0 aliphatic rings. The Bertz CT molecular complexity index is 809. The highest BCUT2D eigenvalue weighted by atomic mass is 127. The fourth-order valence-electron chi connectivity index (χ4n) is 1.79. The van der Waals surface area contributed by atoms with E-state index in [0.29, 0.717) is 16.4 Å². The van der Waals surface area contributed by atoms with Gasteiger partial charge in [-0.05, 0) is 6.07 Å². The van der Waals surface area contributed by atoms with Gasteiger partial charge in [-0.15, -0.1) is 0 Å². The summed E-state index contributed by atoms with van der Waals surface area (Å²) in [6.45, 7) is 0. The molecule has 0 saturated carbocycles. The van der Waals surface area contributed by atoms with Gasteiger partial charge in [0.15, 0.2) is 23.1 Å². The van der Waals surface area contributed by atoms with Gasteiger partial charge in [0.2, 0.25) is 0 Å². The Hall–Kier alpha value is -1.13. The maximum absolute atomic E-state index is 13.2. The Morgan fingerprint density at radius 1 is 1.35 bits per heavy atom. The normalized spacial score (nSPS) is 11.2. The first-order chi connectivity index (χ1) is 9.60. The Kier molecular flexibility index (Phi) is 3.69. The van der Waals surface area contributed by atoms with Gasteiger partial charge in [-0.25, -0.2) is 19.3 Å².